The molecule has 0 aliphatic rings. The number of ether oxygens (including phenoxy) is 1. The highest BCUT2D eigenvalue weighted by Crippen LogP contribution is 2.25. The van der Waals surface area contributed by atoms with Gasteiger partial charge in [0.1, 0.15) is 5.75 Å². The maximum Gasteiger partial charge on any atom is 0.239 e. The second-order valence-corrected chi connectivity index (χ2v) is 4.36. The number of benzene rings is 1. The van der Waals surface area contributed by atoms with Crippen molar-refractivity contribution in [2.24, 2.45) is 5.73 Å². The first-order valence-electron chi connectivity index (χ1n) is 5.28. The van der Waals surface area contributed by atoms with E-state index in [4.69, 9.17) is 22.1 Å². The van der Waals surface area contributed by atoms with Gasteiger partial charge in [-0.1, -0.05) is 17.7 Å². The third kappa shape index (κ3) is 3.61. The minimum atomic E-state index is -0.492. The topological polar surface area (TPSA) is 55.6 Å². The highest BCUT2D eigenvalue weighted by atomic mass is 35.5. The van der Waals surface area contributed by atoms with Crippen LogP contribution in [-0.2, 0) is 11.3 Å². The van der Waals surface area contributed by atoms with Gasteiger partial charge in [0.2, 0.25) is 5.91 Å². The molecule has 0 bridgehead atoms. The fourth-order valence-corrected chi connectivity index (χ4v) is 1.79. The number of carbonyl (C=O) groups excluding carboxylic acids is 1. The van der Waals surface area contributed by atoms with Crippen LogP contribution in [-0.4, -0.2) is 31.0 Å². The summed E-state index contributed by atoms with van der Waals surface area (Å²) in [5, 5.41) is 0.534. The summed E-state index contributed by atoms with van der Waals surface area (Å²) in [5.74, 6) is 0.522. The molecule has 2 N–H and O–H groups in total. The number of likely N-dealkylation sites (N-methyl/N-ethyl adjacent to an activating group) is 1. The third-order valence-corrected chi connectivity index (χ3v) is 2.70. The van der Waals surface area contributed by atoms with Gasteiger partial charge in [-0.2, -0.15) is 0 Å². The molecule has 1 atom stereocenters. The van der Waals surface area contributed by atoms with E-state index in [2.05, 4.69) is 0 Å². The van der Waals surface area contributed by atoms with Gasteiger partial charge < -0.3 is 15.4 Å². The van der Waals surface area contributed by atoms with Crippen LogP contribution in [0.15, 0.2) is 18.2 Å². The standard InChI is InChI=1S/C12H17ClN2O2/c1-8(14)12(16)15(2)7-9-4-5-11(17-3)10(13)6-9/h4-6,8H,7,14H2,1-3H3. The van der Waals surface area contributed by atoms with Gasteiger partial charge in [-0.25, -0.2) is 0 Å². The summed E-state index contributed by atoms with van der Waals surface area (Å²) < 4.78 is 5.06. The molecule has 0 spiro atoms. The fourth-order valence-electron chi connectivity index (χ4n) is 1.51. The molecule has 1 amide bonds. The third-order valence-electron chi connectivity index (χ3n) is 2.40. The molecule has 5 heteroatoms. The Morgan fingerprint density at radius 1 is 1.59 bits per heavy atom. The molecule has 0 aliphatic carbocycles. The van der Waals surface area contributed by atoms with E-state index in [1.165, 1.54) is 0 Å². The second kappa shape index (κ2) is 5.89. The molecule has 0 saturated heterocycles. The van der Waals surface area contributed by atoms with Crippen LogP contribution in [0.4, 0.5) is 0 Å². The van der Waals surface area contributed by atoms with Crippen molar-refractivity contribution in [1.29, 1.82) is 0 Å². The lowest BCUT2D eigenvalue weighted by molar-refractivity contribution is -0.131. The predicted molar refractivity (Wildman–Crippen MR) is 68.1 cm³/mol. The van der Waals surface area contributed by atoms with Crippen molar-refractivity contribution in [1.82, 2.24) is 4.90 Å². The van der Waals surface area contributed by atoms with Gasteiger partial charge in [-0.05, 0) is 24.6 Å². The van der Waals surface area contributed by atoms with Crippen molar-refractivity contribution in [2.45, 2.75) is 19.5 Å². The van der Waals surface area contributed by atoms with Gasteiger partial charge in [0, 0.05) is 13.6 Å². The van der Waals surface area contributed by atoms with Crippen LogP contribution >= 0.6 is 11.6 Å². The first-order chi connectivity index (χ1) is 7.95. The van der Waals surface area contributed by atoms with Gasteiger partial charge >= 0.3 is 0 Å². The quantitative estimate of drug-likeness (QED) is 0.891. The van der Waals surface area contributed by atoms with Gasteiger partial charge in [-0.15, -0.1) is 0 Å². The van der Waals surface area contributed by atoms with Crippen molar-refractivity contribution in [2.75, 3.05) is 14.2 Å². The number of nitrogens with two attached hydrogens (primary N) is 1. The van der Waals surface area contributed by atoms with E-state index in [1.54, 1.807) is 38.1 Å². The summed E-state index contributed by atoms with van der Waals surface area (Å²) in [7, 11) is 3.27. The first-order valence-corrected chi connectivity index (χ1v) is 5.66. The summed E-state index contributed by atoms with van der Waals surface area (Å²) in [6.45, 7) is 2.14. The smallest absolute Gasteiger partial charge is 0.239 e. The Bertz CT molecular complexity index is 407. The number of hydrogen-bond acceptors (Lipinski definition) is 3. The predicted octanol–water partition coefficient (Wildman–Crippen LogP) is 1.65. The molecular formula is C12H17ClN2O2. The van der Waals surface area contributed by atoms with Crippen molar-refractivity contribution in [3.05, 3.63) is 28.8 Å². The van der Waals surface area contributed by atoms with Crippen LogP contribution in [0.2, 0.25) is 5.02 Å². The summed E-state index contributed by atoms with van der Waals surface area (Å²) in [5.41, 5.74) is 6.47. The second-order valence-electron chi connectivity index (χ2n) is 3.95. The first kappa shape index (κ1) is 13.8. The Morgan fingerprint density at radius 2 is 2.24 bits per heavy atom. The molecule has 1 aromatic rings. The molecule has 0 aliphatic heterocycles. The zero-order valence-electron chi connectivity index (χ0n) is 10.2. The summed E-state index contributed by atoms with van der Waals surface area (Å²) in [6.07, 6.45) is 0. The van der Waals surface area contributed by atoms with Gasteiger partial charge in [0.25, 0.3) is 0 Å². The number of amides is 1. The number of rotatable bonds is 4. The van der Waals surface area contributed by atoms with E-state index in [1.807, 2.05) is 6.07 Å². The molecule has 94 valence electrons. The van der Waals surface area contributed by atoms with E-state index in [0.29, 0.717) is 17.3 Å². The maximum absolute atomic E-state index is 11.6. The summed E-state index contributed by atoms with van der Waals surface area (Å²) in [4.78, 5) is 13.2. The van der Waals surface area contributed by atoms with E-state index in [-0.39, 0.29) is 5.91 Å². The van der Waals surface area contributed by atoms with Gasteiger partial charge in [0.15, 0.2) is 0 Å². The minimum Gasteiger partial charge on any atom is -0.495 e. The number of halogens is 1. The highest BCUT2D eigenvalue weighted by Gasteiger charge is 2.14. The molecule has 17 heavy (non-hydrogen) atoms. The molecule has 0 fully saturated rings. The molecular weight excluding hydrogens is 240 g/mol. The van der Waals surface area contributed by atoms with Crippen molar-refractivity contribution in [3.63, 3.8) is 0 Å². The van der Waals surface area contributed by atoms with Crippen molar-refractivity contribution in [3.8, 4) is 5.75 Å². The van der Waals surface area contributed by atoms with Crippen LogP contribution in [0.3, 0.4) is 0 Å². The average Bonchev–Trinajstić information content (AvgIpc) is 2.28. The SMILES string of the molecule is COc1ccc(CN(C)C(=O)C(C)N)cc1Cl. The normalized spacial score (nSPS) is 12.1. The summed E-state index contributed by atoms with van der Waals surface area (Å²) >= 11 is 6.00. The molecule has 4 nitrogen and oxygen atoms in total. The van der Waals surface area contributed by atoms with Crippen LogP contribution < -0.4 is 10.5 Å². The Hall–Kier alpha value is -1.26. The number of hydrogen-bond donors (Lipinski definition) is 1. The number of methoxy groups -OCH3 is 1. The monoisotopic (exact) mass is 256 g/mol. The van der Waals surface area contributed by atoms with E-state index >= 15 is 0 Å². The van der Waals surface area contributed by atoms with E-state index in [9.17, 15) is 4.79 Å². The van der Waals surface area contributed by atoms with E-state index in [0.717, 1.165) is 5.56 Å². The zero-order valence-corrected chi connectivity index (χ0v) is 11.0. The van der Waals surface area contributed by atoms with Crippen LogP contribution in [0.25, 0.3) is 0 Å². The molecule has 1 rings (SSSR count). The van der Waals surface area contributed by atoms with Crippen molar-refractivity contribution < 1.29 is 9.53 Å². The number of carbonyl (C=O) groups is 1. The molecule has 1 aromatic carbocycles. The minimum absolute atomic E-state index is 0.100. The average molecular weight is 257 g/mol. The van der Waals surface area contributed by atoms with Crippen LogP contribution in [0.1, 0.15) is 12.5 Å². The highest BCUT2D eigenvalue weighted by molar-refractivity contribution is 6.32. The summed E-state index contributed by atoms with van der Waals surface area (Å²) in [6, 6.07) is 4.94. The van der Waals surface area contributed by atoms with Crippen molar-refractivity contribution >= 4 is 17.5 Å². The maximum atomic E-state index is 11.6. The van der Waals surface area contributed by atoms with E-state index < -0.39 is 6.04 Å². The molecule has 0 saturated carbocycles. The molecule has 0 heterocycles. The largest absolute Gasteiger partial charge is 0.495 e. The van der Waals surface area contributed by atoms with Crippen LogP contribution in [0, 0.1) is 0 Å². The van der Waals surface area contributed by atoms with Gasteiger partial charge in [-0.3, -0.25) is 4.79 Å². The molecule has 1 unspecified atom stereocenters. The zero-order chi connectivity index (χ0) is 13.0. The Kier molecular flexibility index (Phi) is 4.78. The molecule has 0 aromatic heterocycles. The lowest BCUT2D eigenvalue weighted by Gasteiger charge is -2.19. The Morgan fingerprint density at radius 3 is 2.71 bits per heavy atom. The van der Waals surface area contributed by atoms with Crippen LogP contribution in [0.5, 0.6) is 5.75 Å². The Labute approximate surface area is 106 Å². The lowest BCUT2D eigenvalue weighted by atomic mass is 10.2. The number of nitrogens with zero attached hydrogens (tertiary/aromatic N) is 1. The lowest BCUT2D eigenvalue weighted by Crippen LogP contribution is -2.39. The fraction of sp³-hybridized carbons (Fsp3) is 0.417. The Balaban J connectivity index is 2.75. The van der Waals surface area contributed by atoms with Gasteiger partial charge in [0.05, 0.1) is 18.2 Å². The molecule has 0 radical (unpaired) electrons.